The van der Waals surface area contributed by atoms with Crippen LogP contribution >= 0.6 is 0 Å². The van der Waals surface area contributed by atoms with E-state index in [0.29, 0.717) is 17.8 Å². The van der Waals surface area contributed by atoms with Gasteiger partial charge in [-0.1, -0.05) is 60.7 Å². The van der Waals surface area contributed by atoms with E-state index >= 15 is 0 Å². The van der Waals surface area contributed by atoms with Crippen molar-refractivity contribution in [1.29, 1.82) is 0 Å². The maximum atomic E-state index is 13.5. The second kappa shape index (κ2) is 7.57. The molecule has 30 heavy (non-hydrogen) atoms. The van der Waals surface area contributed by atoms with Gasteiger partial charge in [-0.05, 0) is 72.8 Å². The molecule has 4 heteroatoms. The van der Waals surface area contributed by atoms with Crippen molar-refractivity contribution in [3.05, 3.63) is 71.8 Å². The number of carboxylic acid groups (broad SMARTS) is 1. The van der Waals surface area contributed by atoms with Gasteiger partial charge in [0, 0.05) is 0 Å². The molecule has 0 spiro atoms. The number of aliphatic carboxylic acids is 1. The molecule has 0 radical (unpaired) electrons. The van der Waals surface area contributed by atoms with E-state index < -0.39 is 17.9 Å². The average molecular weight is 403 g/mol. The minimum Gasteiger partial charge on any atom is -0.548 e. The van der Waals surface area contributed by atoms with Crippen LogP contribution in [0.1, 0.15) is 55.6 Å². The fraction of sp³-hybridized carbons (Fsp3) is 0.462. The number of nitrogens with one attached hydrogen (secondary N) is 1. The first-order valence-electron chi connectivity index (χ1n) is 11.2. The van der Waals surface area contributed by atoms with Gasteiger partial charge in [0.25, 0.3) is 0 Å². The number of rotatable bonds is 6. The predicted molar refractivity (Wildman–Crippen MR) is 112 cm³/mol. The number of hydrogen-bond donors (Lipinski definition) is 1. The molecular weight excluding hydrogens is 374 g/mol. The number of carbonyl (C=O) groups excluding carboxylic acids is 2. The minimum absolute atomic E-state index is 0.252. The van der Waals surface area contributed by atoms with Crippen LogP contribution < -0.4 is 10.4 Å². The SMILES string of the molecule is O=C(N[C@H](C(=O)[O-])C12CC3CC(CC(C3)C1)C2)C(c1ccccc1)c1ccccc1. The van der Waals surface area contributed by atoms with E-state index in [-0.39, 0.29) is 11.3 Å². The highest BCUT2D eigenvalue weighted by atomic mass is 16.4. The van der Waals surface area contributed by atoms with Crippen LogP contribution in [0.25, 0.3) is 0 Å². The van der Waals surface area contributed by atoms with Crippen molar-refractivity contribution in [3.8, 4) is 0 Å². The summed E-state index contributed by atoms with van der Waals surface area (Å²) >= 11 is 0. The minimum atomic E-state index is -1.13. The molecule has 4 aliphatic rings. The first kappa shape index (κ1) is 19.3. The van der Waals surface area contributed by atoms with Gasteiger partial charge < -0.3 is 15.2 Å². The highest BCUT2D eigenvalue weighted by molar-refractivity contribution is 5.90. The van der Waals surface area contributed by atoms with Gasteiger partial charge in [0.2, 0.25) is 5.91 Å². The molecule has 6 rings (SSSR count). The molecule has 4 aliphatic carbocycles. The Bertz CT molecular complexity index is 849. The van der Waals surface area contributed by atoms with Crippen molar-refractivity contribution in [1.82, 2.24) is 5.32 Å². The quantitative estimate of drug-likeness (QED) is 0.806. The van der Waals surface area contributed by atoms with Crippen LogP contribution in [0.5, 0.6) is 0 Å². The summed E-state index contributed by atoms with van der Waals surface area (Å²) in [6.07, 6.45) is 6.38. The lowest BCUT2D eigenvalue weighted by Crippen LogP contribution is -2.63. The first-order valence-corrected chi connectivity index (χ1v) is 11.2. The Balaban J connectivity index is 1.46. The monoisotopic (exact) mass is 402 g/mol. The Hall–Kier alpha value is -2.62. The Morgan fingerprint density at radius 3 is 1.63 bits per heavy atom. The molecule has 1 N–H and O–H groups in total. The van der Waals surface area contributed by atoms with Crippen molar-refractivity contribution in [3.63, 3.8) is 0 Å². The zero-order valence-corrected chi connectivity index (χ0v) is 17.1. The maximum absolute atomic E-state index is 13.5. The second-order valence-corrected chi connectivity index (χ2v) is 9.79. The van der Waals surface area contributed by atoms with Gasteiger partial charge >= 0.3 is 0 Å². The number of benzene rings is 2. The molecule has 0 heterocycles. The van der Waals surface area contributed by atoms with Crippen LogP contribution in [0.15, 0.2) is 60.7 Å². The van der Waals surface area contributed by atoms with Crippen LogP contribution in [0.3, 0.4) is 0 Å². The van der Waals surface area contributed by atoms with Crippen molar-refractivity contribution >= 4 is 11.9 Å². The molecule has 1 amide bonds. The van der Waals surface area contributed by atoms with Crippen LogP contribution in [-0.4, -0.2) is 17.9 Å². The van der Waals surface area contributed by atoms with E-state index in [1.165, 1.54) is 19.3 Å². The summed E-state index contributed by atoms with van der Waals surface area (Å²) in [6.45, 7) is 0. The summed E-state index contributed by atoms with van der Waals surface area (Å²) in [5.74, 6) is -0.109. The molecule has 0 aromatic heterocycles. The molecule has 156 valence electrons. The van der Waals surface area contributed by atoms with Crippen LogP contribution in [0.4, 0.5) is 0 Å². The molecule has 4 nitrogen and oxygen atoms in total. The van der Waals surface area contributed by atoms with Gasteiger partial charge in [0.15, 0.2) is 0 Å². The number of carboxylic acids is 1. The Labute approximate surface area is 177 Å². The highest BCUT2D eigenvalue weighted by Crippen LogP contribution is 2.61. The molecule has 4 saturated carbocycles. The molecule has 0 saturated heterocycles. The molecule has 1 atom stereocenters. The van der Waals surface area contributed by atoms with E-state index in [4.69, 9.17) is 0 Å². The number of amides is 1. The van der Waals surface area contributed by atoms with Crippen molar-refractivity contribution in [2.24, 2.45) is 23.2 Å². The molecule has 4 bridgehead atoms. The smallest absolute Gasteiger partial charge is 0.232 e. The summed E-state index contributed by atoms with van der Waals surface area (Å²) in [4.78, 5) is 25.9. The predicted octanol–water partition coefficient (Wildman–Crippen LogP) is 3.27. The lowest BCUT2D eigenvalue weighted by molar-refractivity contribution is -0.313. The molecule has 4 fully saturated rings. The van der Waals surface area contributed by atoms with Gasteiger partial charge in [-0.3, -0.25) is 4.79 Å². The van der Waals surface area contributed by atoms with Crippen LogP contribution in [0, 0.1) is 23.2 Å². The Morgan fingerprint density at radius 2 is 1.23 bits per heavy atom. The number of carbonyl (C=O) groups is 2. The summed E-state index contributed by atoms with van der Waals surface area (Å²) in [6, 6.07) is 18.3. The fourth-order valence-corrected chi connectivity index (χ4v) is 7.00. The topological polar surface area (TPSA) is 69.2 Å². The third-order valence-electron chi connectivity index (χ3n) is 7.75. The maximum Gasteiger partial charge on any atom is 0.232 e. The summed E-state index contributed by atoms with van der Waals surface area (Å²) in [5.41, 5.74) is 1.38. The zero-order valence-electron chi connectivity index (χ0n) is 17.1. The standard InChI is InChI=1S/C26H29NO3/c28-24(22(20-7-3-1-4-8-20)21-9-5-2-6-10-21)27-23(25(29)30)26-14-17-11-18(15-26)13-19(12-17)16-26/h1-10,17-19,22-23H,11-16H2,(H,27,28)(H,29,30)/p-1/t17?,18?,19?,23-,26?/m1/s1. The molecule has 0 unspecified atom stereocenters. The van der Waals surface area contributed by atoms with Crippen molar-refractivity contribution in [2.75, 3.05) is 0 Å². The van der Waals surface area contributed by atoms with Crippen molar-refractivity contribution < 1.29 is 14.7 Å². The number of hydrogen-bond acceptors (Lipinski definition) is 3. The van der Waals surface area contributed by atoms with E-state index in [1.807, 2.05) is 60.7 Å². The van der Waals surface area contributed by atoms with Gasteiger partial charge in [-0.2, -0.15) is 0 Å². The van der Waals surface area contributed by atoms with Gasteiger partial charge in [-0.25, -0.2) is 0 Å². The lowest BCUT2D eigenvalue weighted by Gasteiger charge is -2.59. The van der Waals surface area contributed by atoms with Gasteiger partial charge in [0.05, 0.1) is 17.9 Å². The van der Waals surface area contributed by atoms with Gasteiger partial charge in [0.1, 0.15) is 0 Å². The molecule has 2 aromatic rings. The van der Waals surface area contributed by atoms with E-state index in [0.717, 1.165) is 30.4 Å². The van der Waals surface area contributed by atoms with Crippen LogP contribution in [-0.2, 0) is 9.59 Å². The summed E-state index contributed by atoms with van der Waals surface area (Å²) in [5, 5.41) is 15.3. The van der Waals surface area contributed by atoms with Gasteiger partial charge in [-0.15, -0.1) is 0 Å². The molecule has 0 aliphatic heterocycles. The highest BCUT2D eigenvalue weighted by Gasteiger charge is 2.55. The van der Waals surface area contributed by atoms with E-state index in [2.05, 4.69) is 5.32 Å². The Kier molecular flexibility index (Phi) is 4.88. The van der Waals surface area contributed by atoms with E-state index in [1.54, 1.807) is 0 Å². The third kappa shape index (κ3) is 3.42. The van der Waals surface area contributed by atoms with Crippen molar-refractivity contribution in [2.45, 2.75) is 50.5 Å². The summed E-state index contributed by atoms with van der Waals surface area (Å²) < 4.78 is 0. The average Bonchev–Trinajstić information content (AvgIpc) is 2.72. The largest absolute Gasteiger partial charge is 0.548 e. The van der Waals surface area contributed by atoms with Crippen LogP contribution in [0.2, 0.25) is 0 Å². The summed E-state index contributed by atoms with van der Waals surface area (Å²) in [7, 11) is 0. The van der Waals surface area contributed by atoms with E-state index in [9.17, 15) is 14.7 Å². The molecule has 2 aromatic carbocycles. The lowest BCUT2D eigenvalue weighted by atomic mass is 9.47. The normalized spacial score (nSPS) is 30.2. The second-order valence-electron chi connectivity index (χ2n) is 9.79. The Morgan fingerprint density at radius 1 is 0.800 bits per heavy atom. The fourth-order valence-electron chi connectivity index (χ4n) is 7.00. The zero-order chi connectivity index (χ0) is 20.7. The molecular formula is C26H28NO3-. The first-order chi connectivity index (χ1) is 14.5. The third-order valence-corrected chi connectivity index (χ3v) is 7.75.